The molecule has 0 spiro atoms. The third kappa shape index (κ3) is 0.918. The molecule has 0 nitrogen and oxygen atoms in total. The zero-order valence-electron chi connectivity index (χ0n) is 7.30. The molecule has 0 bridgehead atoms. The average Bonchev–Trinajstić information content (AvgIpc) is 2.40. The van der Waals surface area contributed by atoms with Crippen molar-refractivity contribution < 1.29 is 0 Å². The van der Waals surface area contributed by atoms with Gasteiger partial charge in [-0.25, -0.2) is 0 Å². The minimum Gasteiger partial charge on any atom is -0.0949 e. The standard InChI is InChI=1S/C12H12/c1-3-11-9(2)8-10-6-4-5-7-12(10)11/h3-7H,2,8H2,1H3/b11-3+. The van der Waals surface area contributed by atoms with Gasteiger partial charge in [-0.2, -0.15) is 0 Å². The molecule has 1 aliphatic carbocycles. The number of benzene rings is 1. The minimum atomic E-state index is 1.02. The van der Waals surface area contributed by atoms with Crippen LogP contribution in [0.5, 0.6) is 0 Å². The maximum atomic E-state index is 4.05. The Morgan fingerprint density at radius 1 is 1.33 bits per heavy atom. The molecule has 0 atom stereocenters. The van der Waals surface area contributed by atoms with Gasteiger partial charge in [0.25, 0.3) is 0 Å². The van der Waals surface area contributed by atoms with Gasteiger partial charge in [-0.3, -0.25) is 0 Å². The zero-order valence-corrected chi connectivity index (χ0v) is 7.30. The highest BCUT2D eigenvalue weighted by Crippen LogP contribution is 2.34. The largest absolute Gasteiger partial charge is 0.0949 e. The van der Waals surface area contributed by atoms with E-state index < -0.39 is 0 Å². The van der Waals surface area contributed by atoms with Gasteiger partial charge in [-0.05, 0) is 35.6 Å². The monoisotopic (exact) mass is 156 g/mol. The summed E-state index contributed by atoms with van der Waals surface area (Å²) in [7, 11) is 0. The van der Waals surface area contributed by atoms with Gasteiger partial charge in [0.2, 0.25) is 0 Å². The van der Waals surface area contributed by atoms with Crippen molar-refractivity contribution in [3.63, 3.8) is 0 Å². The Labute approximate surface area is 73.2 Å². The summed E-state index contributed by atoms with van der Waals surface area (Å²) in [5, 5.41) is 0. The second kappa shape index (κ2) is 2.63. The third-order valence-electron chi connectivity index (χ3n) is 2.38. The van der Waals surface area contributed by atoms with E-state index in [1.54, 1.807) is 0 Å². The Kier molecular flexibility index (Phi) is 1.61. The first-order valence-electron chi connectivity index (χ1n) is 4.25. The van der Waals surface area contributed by atoms with Crippen molar-refractivity contribution in [2.24, 2.45) is 0 Å². The number of fused-ring (bicyclic) bond motifs is 1. The number of hydrogen-bond donors (Lipinski definition) is 0. The summed E-state index contributed by atoms with van der Waals surface area (Å²) < 4.78 is 0. The van der Waals surface area contributed by atoms with Crippen LogP contribution < -0.4 is 0 Å². The van der Waals surface area contributed by atoms with E-state index >= 15 is 0 Å². The highest BCUT2D eigenvalue weighted by Gasteiger charge is 2.17. The molecule has 0 unspecified atom stereocenters. The van der Waals surface area contributed by atoms with Crippen LogP contribution in [0.3, 0.4) is 0 Å². The molecular formula is C12H12. The molecular weight excluding hydrogens is 144 g/mol. The van der Waals surface area contributed by atoms with E-state index in [0.717, 1.165) is 6.42 Å². The normalized spacial score (nSPS) is 18.4. The predicted molar refractivity (Wildman–Crippen MR) is 52.9 cm³/mol. The van der Waals surface area contributed by atoms with Crippen molar-refractivity contribution in [1.29, 1.82) is 0 Å². The van der Waals surface area contributed by atoms with E-state index in [4.69, 9.17) is 0 Å². The molecule has 0 fully saturated rings. The van der Waals surface area contributed by atoms with Crippen molar-refractivity contribution in [3.05, 3.63) is 53.6 Å². The molecule has 0 amide bonds. The smallest absolute Gasteiger partial charge is 0.00195 e. The highest BCUT2D eigenvalue weighted by molar-refractivity contribution is 5.85. The predicted octanol–water partition coefficient (Wildman–Crippen LogP) is 3.20. The molecule has 0 heterocycles. The van der Waals surface area contributed by atoms with Crippen LogP contribution in [0.4, 0.5) is 0 Å². The second-order valence-electron chi connectivity index (χ2n) is 3.14. The number of hydrogen-bond acceptors (Lipinski definition) is 0. The molecule has 2 rings (SSSR count). The molecule has 1 aromatic carbocycles. The van der Waals surface area contributed by atoms with Crippen molar-refractivity contribution in [2.75, 3.05) is 0 Å². The van der Waals surface area contributed by atoms with Crippen molar-refractivity contribution in [3.8, 4) is 0 Å². The van der Waals surface area contributed by atoms with E-state index in [0.29, 0.717) is 0 Å². The fourth-order valence-electron chi connectivity index (χ4n) is 1.81. The van der Waals surface area contributed by atoms with Crippen LogP contribution in [0.2, 0.25) is 0 Å². The molecule has 60 valence electrons. The summed E-state index contributed by atoms with van der Waals surface area (Å²) in [5.74, 6) is 0. The van der Waals surface area contributed by atoms with Crippen LogP contribution in [-0.4, -0.2) is 0 Å². The minimum absolute atomic E-state index is 1.02. The van der Waals surface area contributed by atoms with Crippen LogP contribution in [-0.2, 0) is 6.42 Å². The average molecular weight is 156 g/mol. The molecule has 0 saturated heterocycles. The van der Waals surface area contributed by atoms with E-state index in [1.165, 1.54) is 22.3 Å². The summed E-state index contributed by atoms with van der Waals surface area (Å²) in [6.07, 6.45) is 3.17. The first kappa shape index (κ1) is 7.35. The molecule has 0 saturated carbocycles. The van der Waals surface area contributed by atoms with Crippen molar-refractivity contribution >= 4 is 5.57 Å². The molecule has 0 aliphatic heterocycles. The van der Waals surface area contributed by atoms with E-state index in [2.05, 4.69) is 43.8 Å². The first-order chi connectivity index (χ1) is 5.83. The Balaban J connectivity index is 2.62. The van der Waals surface area contributed by atoms with Gasteiger partial charge in [0.15, 0.2) is 0 Å². The summed E-state index contributed by atoms with van der Waals surface area (Å²) in [4.78, 5) is 0. The molecule has 0 aromatic heterocycles. The lowest BCUT2D eigenvalue weighted by Gasteiger charge is -1.98. The quantitative estimate of drug-likeness (QED) is 0.541. The molecule has 1 aliphatic rings. The third-order valence-corrected chi connectivity index (χ3v) is 2.38. The lowest BCUT2D eigenvalue weighted by atomic mass is 10.1. The van der Waals surface area contributed by atoms with Gasteiger partial charge in [0, 0.05) is 0 Å². The van der Waals surface area contributed by atoms with Crippen LogP contribution >= 0.6 is 0 Å². The topological polar surface area (TPSA) is 0 Å². The number of rotatable bonds is 0. The Morgan fingerprint density at radius 2 is 2.08 bits per heavy atom. The van der Waals surface area contributed by atoms with Gasteiger partial charge in [0.05, 0.1) is 0 Å². The second-order valence-corrected chi connectivity index (χ2v) is 3.14. The van der Waals surface area contributed by atoms with Crippen LogP contribution in [0.1, 0.15) is 18.1 Å². The van der Waals surface area contributed by atoms with Gasteiger partial charge >= 0.3 is 0 Å². The Bertz CT molecular complexity index is 356. The highest BCUT2D eigenvalue weighted by atomic mass is 14.2. The molecule has 0 heteroatoms. The lowest BCUT2D eigenvalue weighted by Crippen LogP contribution is -1.77. The van der Waals surface area contributed by atoms with E-state index in [9.17, 15) is 0 Å². The maximum absolute atomic E-state index is 4.05. The summed E-state index contributed by atoms with van der Waals surface area (Å²) in [5.41, 5.74) is 5.35. The lowest BCUT2D eigenvalue weighted by molar-refractivity contribution is 1.28. The van der Waals surface area contributed by atoms with Crippen molar-refractivity contribution in [1.82, 2.24) is 0 Å². The van der Waals surface area contributed by atoms with Gasteiger partial charge in [-0.15, -0.1) is 0 Å². The van der Waals surface area contributed by atoms with Gasteiger partial charge in [-0.1, -0.05) is 36.9 Å². The summed E-state index contributed by atoms with van der Waals surface area (Å²) in [6.45, 7) is 6.12. The summed E-state index contributed by atoms with van der Waals surface area (Å²) in [6, 6.07) is 8.52. The van der Waals surface area contributed by atoms with Crippen LogP contribution in [0.15, 0.2) is 42.5 Å². The van der Waals surface area contributed by atoms with E-state index in [1.807, 2.05) is 0 Å². The number of allylic oxidation sites excluding steroid dienone is 3. The Morgan fingerprint density at radius 3 is 2.83 bits per heavy atom. The van der Waals surface area contributed by atoms with Gasteiger partial charge < -0.3 is 0 Å². The molecule has 0 radical (unpaired) electrons. The first-order valence-corrected chi connectivity index (χ1v) is 4.25. The van der Waals surface area contributed by atoms with Crippen LogP contribution in [0.25, 0.3) is 5.57 Å². The van der Waals surface area contributed by atoms with Gasteiger partial charge in [0.1, 0.15) is 0 Å². The molecule has 1 aromatic rings. The zero-order chi connectivity index (χ0) is 8.55. The molecule has 0 N–H and O–H groups in total. The maximum Gasteiger partial charge on any atom is -0.00195 e. The van der Waals surface area contributed by atoms with Crippen molar-refractivity contribution in [2.45, 2.75) is 13.3 Å². The Hall–Kier alpha value is -1.30. The van der Waals surface area contributed by atoms with Crippen LogP contribution in [0, 0.1) is 0 Å². The fourth-order valence-corrected chi connectivity index (χ4v) is 1.81. The van der Waals surface area contributed by atoms with E-state index in [-0.39, 0.29) is 0 Å². The fraction of sp³-hybridized carbons (Fsp3) is 0.167. The SMILES string of the molecule is C=C1Cc2ccccc2/C1=C/C. The molecule has 12 heavy (non-hydrogen) atoms. The summed E-state index contributed by atoms with van der Waals surface area (Å²) >= 11 is 0.